The lowest BCUT2D eigenvalue weighted by Gasteiger charge is -2.11. The Bertz CT molecular complexity index is 300. The van der Waals surface area contributed by atoms with Gasteiger partial charge in [-0.15, -0.1) is 11.8 Å². The van der Waals surface area contributed by atoms with Crippen molar-refractivity contribution in [1.82, 2.24) is 5.32 Å². The number of halogens is 1. The van der Waals surface area contributed by atoms with Crippen molar-refractivity contribution in [1.29, 1.82) is 0 Å². The largest absolute Gasteiger partial charge is 0.315 e. The number of unbranched alkanes of at least 4 members (excludes halogenated alkanes) is 1. The first-order valence-corrected chi connectivity index (χ1v) is 8.12. The zero-order valence-electron chi connectivity index (χ0n) is 10.7. The zero-order valence-corrected chi connectivity index (χ0v) is 13.1. The van der Waals surface area contributed by atoms with Gasteiger partial charge in [-0.2, -0.15) is 0 Å². The maximum Gasteiger partial charge on any atom is 0.0176 e. The molecular weight excluding hydrogens is 294 g/mol. The summed E-state index contributed by atoms with van der Waals surface area (Å²) in [4.78, 5) is 1.37. The van der Waals surface area contributed by atoms with Gasteiger partial charge in [-0.25, -0.2) is 0 Å². The van der Waals surface area contributed by atoms with Crippen LogP contribution in [-0.2, 0) is 0 Å². The number of benzene rings is 1. The number of hydrogen-bond donors (Lipinski definition) is 1. The van der Waals surface area contributed by atoms with Gasteiger partial charge in [-0.3, -0.25) is 0 Å². The smallest absolute Gasteiger partial charge is 0.0176 e. The van der Waals surface area contributed by atoms with Crippen molar-refractivity contribution in [2.24, 2.45) is 0 Å². The highest BCUT2D eigenvalue weighted by Crippen LogP contribution is 2.21. The molecular formula is C14H22BrNS. The zero-order chi connectivity index (χ0) is 12.5. The van der Waals surface area contributed by atoms with E-state index >= 15 is 0 Å². The molecule has 0 bridgehead atoms. The van der Waals surface area contributed by atoms with Crippen molar-refractivity contribution in [3.63, 3.8) is 0 Å². The molecule has 0 radical (unpaired) electrons. The molecule has 0 aliphatic heterocycles. The first kappa shape index (κ1) is 15.1. The SMILES string of the molecule is CCNC(C)CCCCSc1ccc(Br)cc1. The molecule has 0 amide bonds. The number of thioether (sulfide) groups is 1. The molecule has 1 atom stereocenters. The first-order valence-electron chi connectivity index (χ1n) is 6.34. The van der Waals surface area contributed by atoms with Gasteiger partial charge < -0.3 is 5.32 Å². The van der Waals surface area contributed by atoms with Crippen molar-refractivity contribution in [3.05, 3.63) is 28.7 Å². The molecule has 3 heteroatoms. The average molecular weight is 316 g/mol. The van der Waals surface area contributed by atoms with Gasteiger partial charge in [0.05, 0.1) is 0 Å². The van der Waals surface area contributed by atoms with Gasteiger partial charge in [-0.1, -0.05) is 29.3 Å². The molecule has 1 aromatic carbocycles. The van der Waals surface area contributed by atoms with Gasteiger partial charge in [0, 0.05) is 15.4 Å². The van der Waals surface area contributed by atoms with E-state index in [0.29, 0.717) is 6.04 Å². The van der Waals surface area contributed by atoms with E-state index in [1.54, 1.807) is 0 Å². The van der Waals surface area contributed by atoms with Crippen LogP contribution in [0.2, 0.25) is 0 Å². The van der Waals surface area contributed by atoms with E-state index < -0.39 is 0 Å². The molecule has 0 heterocycles. The van der Waals surface area contributed by atoms with E-state index in [-0.39, 0.29) is 0 Å². The van der Waals surface area contributed by atoms with Crippen LogP contribution in [0.1, 0.15) is 33.1 Å². The van der Waals surface area contributed by atoms with Gasteiger partial charge in [0.2, 0.25) is 0 Å². The summed E-state index contributed by atoms with van der Waals surface area (Å²) in [5.41, 5.74) is 0. The third-order valence-corrected chi connectivity index (χ3v) is 4.29. The minimum Gasteiger partial charge on any atom is -0.315 e. The van der Waals surface area contributed by atoms with Gasteiger partial charge in [0.25, 0.3) is 0 Å². The van der Waals surface area contributed by atoms with Crippen molar-refractivity contribution in [3.8, 4) is 0 Å². The second-order valence-corrected chi connectivity index (χ2v) is 6.34. The van der Waals surface area contributed by atoms with Crippen LogP contribution in [0.3, 0.4) is 0 Å². The van der Waals surface area contributed by atoms with Gasteiger partial charge in [0.15, 0.2) is 0 Å². The molecule has 1 N–H and O–H groups in total. The second-order valence-electron chi connectivity index (χ2n) is 4.26. The molecule has 0 aliphatic rings. The van der Waals surface area contributed by atoms with Crippen LogP contribution in [0.5, 0.6) is 0 Å². The van der Waals surface area contributed by atoms with Crippen LogP contribution in [0.4, 0.5) is 0 Å². The lowest BCUT2D eigenvalue weighted by atomic mass is 10.1. The molecule has 1 rings (SSSR count). The fraction of sp³-hybridized carbons (Fsp3) is 0.571. The first-order chi connectivity index (χ1) is 8.22. The lowest BCUT2D eigenvalue weighted by molar-refractivity contribution is 0.510. The summed E-state index contributed by atoms with van der Waals surface area (Å²) in [5.74, 6) is 1.22. The Hall–Kier alpha value is 0.01000. The molecule has 0 saturated heterocycles. The minimum atomic E-state index is 0.665. The molecule has 17 heavy (non-hydrogen) atoms. The molecule has 96 valence electrons. The predicted molar refractivity (Wildman–Crippen MR) is 81.9 cm³/mol. The van der Waals surface area contributed by atoms with Crippen LogP contribution in [0, 0.1) is 0 Å². The number of rotatable bonds is 8. The monoisotopic (exact) mass is 315 g/mol. The summed E-state index contributed by atoms with van der Waals surface area (Å²) in [6.45, 7) is 5.51. The van der Waals surface area contributed by atoms with E-state index in [1.807, 2.05) is 11.8 Å². The number of nitrogens with one attached hydrogen (secondary N) is 1. The summed E-state index contributed by atoms with van der Waals surface area (Å²) < 4.78 is 1.15. The Morgan fingerprint density at radius 2 is 1.94 bits per heavy atom. The van der Waals surface area contributed by atoms with Gasteiger partial charge in [-0.05, 0) is 56.3 Å². The standard InChI is InChI=1S/C14H22BrNS/c1-3-16-12(2)6-4-5-11-17-14-9-7-13(15)8-10-14/h7-10,12,16H,3-6,11H2,1-2H3. The van der Waals surface area contributed by atoms with E-state index in [4.69, 9.17) is 0 Å². The third kappa shape index (κ3) is 7.12. The maximum absolute atomic E-state index is 3.45. The highest BCUT2D eigenvalue weighted by Gasteiger charge is 1.99. The minimum absolute atomic E-state index is 0.665. The summed E-state index contributed by atoms with van der Waals surface area (Å²) in [6, 6.07) is 9.23. The molecule has 0 saturated carbocycles. The van der Waals surface area contributed by atoms with Crippen LogP contribution >= 0.6 is 27.7 Å². The summed E-state index contributed by atoms with van der Waals surface area (Å²) >= 11 is 5.41. The van der Waals surface area contributed by atoms with Crippen molar-refractivity contribution >= 4 is 27.7 Å². The highest BCUT2D eigenvalue weighted by molar-refractivity contribution is 9.10. The quantitative estimate of drug-likeness (QED) is 0.551. The Kier molecular flexibility index (Phi) is 7.99. The van der Waals surface area contributed by atoms with Gasteiger partial charge >= 0.3 is 0 Å². The molecule has 0 aliphatic carbocycles. The van der Waals surface area contributed by atoms with Crippen molar-refractivity contribution in [2.75, 3.05) is 12.3 Å². The highest BCUT2D eigenvalue weighted by atomic mass is 79.9. The van der Waals surface area contributed by atoms with E-state index in [9.17, 15) is 0 Å². The van der Waals surface area contributed by atoms with Crippen molar-refractivity contribution in [2.45, 2.75) is 44.0 Å². The van der Waals surface area contributed by atoms with Gasteiger partial charge in [0.1, 0.15) is 0 Å². The molecule has 1 aromatic rings. The van der Waals surface area contributed by atoms with Crippen LogP contribution in [-0.4, -0.2) is 18.3 Å². The van der Waals surface area contributed by atoms with Crippen LogP contribution < -0.4 is 5.32 Å². The molecule has 1 unspecified atom stereocenters. The van der Waals surface area contributed by atoms with E-state index in [2.05, 4.69) is 59.4 Å². The fourth-order valence-corrected chi connectivity index (χ4v) is 2.90. The van der Waals surface area contributed by atoms with Crippen LogP contribution in [0.15, 0.2) is 33.6 Å². The normalized spacial score (nSPS) is 12.6. The summed E-state index contributed by atoms with van der Waals surface area (Å²) in [6.07, 6.45) is 3.91. The molecule has 0 aromatic heterocycles. The summed E-state index contributed by atoms with van der Waals surface area (Å²) in [5, 5.41) is 3.45. The average Bonchev–Trinajstić information content (AvgIpc) is 2.31. The molecule has 0 spiro atoms. The van der Waals surface area contributed by atoms with E-state index in [0.717, 1.165) is 11.0 Å². The number of hydrogen-bond acceptors (Lipinski definition) is 2. The van der Waals surface area contributed by atoms with Crippen molar-refractivity contribution < 1.29 is 0 Å². The Labute approximate surface area is 118 Å². The lowest BCUT2D eigenvalue weighted by Crippen LogP contribution is -2.25. The molecule has 1 nitrogen and oxygen atoms in total. The maximum atomic E-state index is 3.45. The molecule has 0 fully saturated rings. The fourth-order valence-electron chi connectivity index (χ4n) is 1.72. The Morgan fingerprint density at radius 3 is 2.59 bits per heavy atom. The second kappa shape index (κ2) is 9.01. The predicted octanol–water partition coefficient (Wildman–Crippen LogP) is 4.71. The Morgan fingerprint density at radius 1 is 1.24 bits per heavy atom. The third-order valence-electron chi connectivity index (χ3n) is 2.67. The van der Waals surface area contributed by atoms with E-state index in [1.165, 1.54) is 29.9 Å². The summed E-state index contributed by atoms with van der Waals surface area (Å²) in [7, 11) is 0. The Balaban J connectivity index is 2.06. The topological polar surface area (TPSA) is 12.0 Å². The van der Waals surface area contributed by atoms with Crippen LogP contribution in [0.25, 0.3) is 0 Å².